The molecule has 0 bridgehead atoms. The van der Waals surface area contributed by atoms with Crippen LogP contribution < -0.4 is 5.32 Å². The first-order valence-corrected chi connectivity index (χ1v) is 11.0. The van der Waals surface area contributed by atoms with Crippen LogP contribution in [0.2, 0.25) is 0 Å². The first kappa shape index (κ1) is 22.4. The van der Waals surface area contributed by atoms with E-state index in [4.69, 9.17) is 5.26 Å². The van der Waals surface area contributed by atoms with Crippen LogP contribution in [0, 0.1) is 27.4 Å². The number of H-pyrrole nitrogens is 1. The van der Waals surface area contributed by atoms with Crippen LogP contribution in [0.1, 0.15) is 32.1 Å². The highest BCUT2D eigenvalue weighted by Gasteiger charge is 2.25. The summed E-state index contributed by atoms with van der Waals surface area (Å²) < 4.78 is 20.4. The van der Waals surface area contributed by atoms with Gasteiger partial charge in [-0.3, -0.25) is 14.3 Å². The molecule has 1 aromatic carbocycles. The SMILES string of the molecule is N#CCC1CCC(Nc2c([N+](=O)[O-])cnc3[nH]ccc23)CC1.O=S([O-])c1ccccc1. The van der Waals surface area contributed by atoms with Gasteiger partial charge in [0.25, 0.3) is 0 Å². The Bertz CT molecular complexity index is 1090. The van der Waals surface area contributed by atoms with Crippen LogP contribution in [0.5, 0.6) is 0 Å². The molecule has 1 saturated carbocycles. The largest absolute Gasteiger partial charge is 0.768 e. The smallest absolute Gasteiger partial charge is 0.311 e. The van der Waals surface area contributed by atoms with E-state index in [9.17, 15) is 18.9 Å². The van der Waals surface area contributed by atoms with Crippen molar-refractivity contribution in [3.8, 4) is 6.07 Å². The molecule has 0 amide bonds. The standard InChI is InChI=1S/C15H17N5O2.C6H6O2S/c16-7-5-10-1-3-11(4-2-10)19-14-12-6-8-17-15(12)18-9-13(14)20(21)22;7-9(8)6-4-2-1-3-5-6/h6,8-11H,1-5H2,(H2,17,18,19);1-5H,(H,7,8)/p-1. The lowest BCUT2D eigenvalue weighted by Gasteiger charge is -2.28. The first-order chi connectivity index (χ1) is 15.0. The quantitative estimate of drug-likeness (QED) is 0.342. The fourth-order valence-electron chi connectivity index (χ4n) is 3.66. The van der Waals surface area contributed by atoms with E-state index in [1.165, 1.54) is 6.20 Å². The fourth-order valence-corrected chi connectivity index (χ4v) is 4.04. The Morgan fingerprint density at radius 2 is 1.94 bits per heavy atom. The van der Waals surface area contributed by atoms with Crippen LogP contribution in [0.3, 0.4) is 0 Å². The Hall–Kier alpha value is -3.29. The number of nitrogens with zero attached hydrogens (tertiary/aromatic N) is 3. The number of benzene rings is 1. The minimum Gasteiger partial charge on any atom is -0.768 e. The second-order valence-corrected chi connectivity index (χ2v) is 8.23. The van der Waals surface area contributed by atoms with E-state index in [1.807, 2.05) is 0 Å². The van der Waals surface area contributed by atoms with Gasteiger partial charge in [-0.05, 0) is 60.9 Å². The Balaban J connectivity index is 0.000000254. The number of aromatic nitrogens is 2. The van der Waals surface area contributed by atoms with Crippen molar-refractivity contribution in [3.63, 3.8) is 0 Å². The van der Waals surface area contributed by atoms with Gasteiger partial charge in [0.05, 0.1) is 11.0 Å². The summed E-state index contributed by atoms with van der Waals surface area (Å²) in [7, 11) is 0. The van der Waals surface area contributed by atoms with Gasteiger partial charge in [0.1, 0.15) is 17.5 Å². The molecule has 3 aromatic rings. The summed E-state index contributed by atoms with van der Waals surface area (Å²) in [6, 6.07) is 12.5. The van der Waals surface area contributed by atoms with Gasteiger partial charge in [0.15, 0.2) is 0 Å². The molecule has 0 radical (unpaired) electrons. The van der Waals surface area contributed by atoms with E-state index in [2.05, 4.69) is 21.4 Å². The Morgan fingerprint density at radius 1 is 1.23 bits per heavy atom. The summed E-state index contributed by atoms with van der Waals surface area (Å²) in [6.07, 6.45) is 7.46. The molecule has 0 saturated heterocycles. The summed E-state index contributed by atoms with van der Waals surface area (Å²) in [5, 5.41) is 24.1. The lowest BCUT2D eigenvalue weighted by atomic mass is 9.84. The number of anilines is 1. The highest BCUT2D eigenvalue weighted by Crippen LogP contribution is 2.35. The molecular formula is C21H22N5O4S-. The van der Waals surface area contributed by atoms with E-state index in [-0.39, 0.29) is 11.7 Å². The van der Waals surface area contributed by atoms with Gasteiger partial charge < -0.3 is 14.9 Å². The number of nitrogens with one attached hydrogen (secondary N) is 2. The van der Waals surface area contributed by atoms with Gasteiger partial charge in [-0.15, -0.1) is 0 Å². The molecule has 0 spiro atoms. The van der Waals surface area contributed by atoms with Gasteiger partial charge >= 0.3 is 5.69 Å². The molecule has 31 heavy (non-hydrogen) atoms. The van der Waals surface area contributed by atoms with Crippen molar-refractivity contribution in [1.29, 1.82) is 5.26 Å². The monoisotopic (exact) mass is 440 g/mol. The van der Waals surface area contributed by atoms with Crippen LogP contribution >= 0.6 is 0 Å². The molecule has 2 aromatic heterocycles. The number of rotatable bonds is 5. The van der Waals surface area contributed by atoms with E-state index in [1.54, 1.807) is 42.6 Å². The zero-order valence-corrected chi connectivity index (χ0v) is 17.5. The van der Waals surface area contributed by atoms with Crippen LogP contribution in [-0.2, 0) is 11.1 Å². The van der Waals surface area contributed by atoms with Crippen LogP contribution in [0.15, 0.2) is 53.7 Å². The van der Waals surface area contributed by atoms with Gasteiger partial charge in [-0.25, -0.2) is 4.98 Å². The lowest BCUT2D eigenvalue weighted by molar-refractivity contribution is -0.384. The molecule has 162 valence electrons. The number of hydrogen-bond acceptors (Lipinski definition) is 7. The van der Waals surface area contributed by atoms with Crippen molar-refractivity contribution in [2.24, 2.45) is 5.92 Å². The van der Waals surface area contributed by atoms with Crippen LogP contribution in [0.25, 0.3) is 11.0 Å². The van der Waals surface area contributed by atoms with E-state index in [0.717, 1.165) is 31.1 Å². The predicted molar refractivity (Wildman–Crippen MR) is 116 cm³/mol. The van der Waals surface area contributed by atoms with Gasteiger partial charge in [0, 0.05) is 28.9 Å². The minimum atomic E-state index is -2.08. The summed E-state index contributed by atoms with van der Waals surface area (Å²) in [5.41, 5.74) is 1.19. The average molecular weight is 441 g/mol. The van der Waals surface area contributed by atoms with Crippen molar-refractivity contribution in [1.82, 2.24) is 9.97 Å². The van der Waals surface area contributed by atoms with Gasteiger partial charge in [-0.1, -0.05) is 18.2 Å². The molecule has 10 heteroatoms. The third-order valence-corrected chi connectivity index (χ3v) is 5.93. The number of nitriles is 1. The third-order valence-electron chi connectivity index (χ3n) is 5.27. The molecule has 9 nitrogen and oxygen atoms in total. The summed E-state index contributed by atoms with van der Waals surface area (Å²) in [5.74, 6) is 0.461. The first-order valence-electron chi connectivity index (χ1n) is 9.88. The zero-order chi connectivity index (χ0) is 22.2. The minimum absolute atomic E-state index is 0.00579. The van der Waals surface area contributed by atoms with Crippen molar-refractivity contribution < 1.29 is 13.7 Å². The molecule has 1 fully saturated rings. The summed E-state index contributed by atoms with van der Waals surface area (Å²) >= 11 is -2.08. The Kier molecular flexibility index (Phi) is 7.70. The highest BCUT2D eigenvalue weighted by molar-refractivity contribution is 7.79. The molecule has 1 aliphatic carbocycles. The number of pyridine rings is 1. The fraction of sp³-hybridized carbons (Fsp3) is 0.333. The Labute approximate surface area is 181 Å². The summed E-state index contributed by atoms with van der Waals surface area (Å²) in [6.45, 7) is 0. The van der Waals surface area contributed by atoms with Gasteiger partial charge in [-0.2, -0.15) is 5.26 Å². The molecule has 1 unspecified atom stereocenters. The van der Waals surface area contributed by atoms with Crippen molar-refractivity contribution in [3.05, 3.63) is 58.9 Å². The molecule has 2 N–H and O–H groups in total. The molecule has 1 atom stereocenters. The molecule has 0 aliphatic heterocycles. The number of aromatic amines is 1. The van der Waals surface area contributed by atoms with Crippen molar-refractivity contribution in [2.45, 2.75) is 43.0 Å². The second-order valence-electron chi connectivity index (χ2n) is 7.29. The molecular weight excluding hydrogens is 418 g/mol. The third kappa shape index (κ3) is 5.87. The highest BCUT2D eigenvalue weighted by atomic mass is 32.2. The van der Waals surface area contributed by atoms with E-state index < -0.39 is 16.0 Å². The number of hydrogen-bond donors (Lipinski definition) is 2. The molecule has 1 aliphatic rings. The zero-order valence-electron chi connectivity index (χ0n) is 16.7. The molecule has 4 rings (SSSR count). The molecule has 2 heterocycles. The normalized spacial score (nSPS) is 19.0. The van der Waals surface area contributed by atoms with Crippen LogP contribution in [0.4, 0.5) is 11.4 Å². The Morgan fingerprint density at radius 3 is 2.52 bits per heavy atom. The maximum absolute atomic E-state index is 11.2. The summed E-state index contributed by atoms with van der Waals surface area (Å²) in [4.78, 5) is 18.2. The van der Waals surface area contributed by atoms with Gasteiger partial charge in [0.2, 0.25) is 0 Å². The number of fused-ring (bicyclic) bond motifs is 1. The maximum atomic E-state index is 11.2. The van der Waals surface area contributed by atoms with Crippen LogP contribution in [-0.4, -0.2) is 29.7 Å². The van der Waals surface area contributed by atoms with Crippen molar-refractivity contribution >= 4 is 33.5 Å². The topological polar surface area (TPSA) is 148 Å². The average Bonchev–Trinajstić information content (AvgIpc) is 3.26. The lowest BCUT2D eigenvalue weighted by Crippen LogP contribution is -2.26. The van der Waals surface area contributed by atoms with Crippen molar-refractivity contribution in [2.75, 3.05) is 5.32 Å². The number of nitro groups is 1. The maximum Gasteiger partial charge on any atom is 0.311 e. The van der Waals surface area contributed by atoms with E-state index in [0.29, 0.717) is 28.6 Å². The van der Waals surface area contributed by atoms with E-state index >= 15 is 0 Å². The predicted octanol–water partition coefficient (Wildman–Crippen LogP) is 4.28. The second kappa shape index (κ2) is 10.7.